The van der Waals surface area contributed by atoms with Gasteiger partial charge in [-0.05, 0) is 48.8 Å². The lowest BCUT2D eigenvalue weighted by Gasteiger charge is -2.37. The van der Waals surface area contributed by atoms with Crippen LogP contribution in [0.15, 0.2) is 18.2 Å². The minimum absolute atomic E-state index is 0.172. The molecule has 1 saturated carbocycles. The molecular formula is C17H25FN2O. The molecule has 0 aliphatic heterocycles. The fraction of sp³-hybridized carbons (Fsp3) is 0.588. The molecule has 3 atom stereocenters. The molecule has 2 rings (SSSR count). The van der Waals surface area contributed by atoms with Crippen LogP contribution in [0.5, 0.6) is 0 Å². The topological polar surface area (TPSA) is 55.1 Å². The van der Waals surface area contributed by atoms with Crippen LogP contribution in [0.2, 0.25) is 0 Å². The van der Waals surface area contributed by atoms with Crippen LogP contribution in [-0.2, 0) is 0 Å². The minimum atomic E-state index is -0.421. The van der Waals surface area contributed by atoms with Crippen LogP contribution in [0, 0.1) is 23.6 Å². The second kappa shape index (κ2) is 6.46. The van der Waals surface area contributed by atoms with Crippen molar-refractivity contribution in [2.24, 2.45) is 17.8 Å². The Labute approximate surface area is 126 Å². The number of hydrogen-bond donors (Lipinski definition) is 2. The number of nitrogens with one attached hydrogen (secondary N) is 1. The summed E-state index contributed by atoms with van der Waals surface area (Å²) in [6.07, 6.45) is 3.35. The van der Waals surface area contributed by atoms with Crippen molar-refractivity contribution < 1.29 is 9.18 Å². The molecule has 1 aliphatic rings. The molecule has 3 N–H and O–H groups in total. The number of hydrogen-bond acceptors (Lipinski definition) is 2. The maximum absolute atomic E-state index is 13.1. The number of benzene rings is 1. The van der Waals surface area contributed by atoms with Gasteiger partial charge in [0.05, 0.1) is 5.56 Å². The van der Waals surface area contributed by atoms with Gasteiger partial charge in [0.1, 0.15) is 5.82 Å². The van der Waals surface area contributed by atoms with E-state index >= 15 is 0 Å². The lowest BCUT2D eigenvalue weighted by atomic mass is 9.74. The first-order valence-electron chi connectivity index (χ1n) is 7.74. The summed E-state index contributed by atoms with van der Waals surface area (Å²) in [5.41, 5.74) is 6.30. The number of amides is 1. The Balaban J connectivity index is 2.12. The van der Waals surface area contributed by atoms with Gasteiger partial charge >= 0.3 is 0 Å². The van der Waals surface area contributed by atoms with E-state index < -0.39 is 5.82 Å². The summed E-state index contributed by atoms with van der Waals surface area (Å²) in [7, 11) is 0. The van der Waals surface area contributed by atoms with E-state index in [0.29, 0.717) is 23.3 Å². The van der Waals surface area contributed by atoms with Gasteiger partial charge in [0.15, 0.2) is 0 Å². The molecule has 0 aromatic heterocycles. The van der Waals surface area contributed by atoms with Crippen LogP contribution in [-0.4, -0.2) is 11.9 Å². The molecule has 3 nitrogen and oxygen atoms in total. The highest BCUT2D eigenvalue weighted by molar-refractivity contribution is 5.99. The largest absolute Gasteiger partial charge is 0.398 e. The van der Waals surface area contributed by atoms with Crippen molar-refractivity contribution in [1.29, 1.82) is 0 Å². The average molecular weight is 292 g/mol. The lowest BCUT2D eigenvalue weighted by molar-refractivity contribution is 0.0869. The standard InChI is InChI=1S/C17H25FN2O/c1-10(2)13-6-4-11(3)8-16(13)20-17(21)14-7-5-12(18)9-15(14)19/h5,7,9-11,13,16H,4,6,8,19H2,1-3H3,(H,20,21). The van der Waals surface area contributed by atoms with Gasteiger partial charge in [-0.1, -0.05) is 27.2 Å². The van der Waals surface area contributed by atoms with E-state index in [4.69, 9.17) is 5.73 Å². The van der Waals surface area contributed by atoms with E-state index in [1.54, 1.807) is 0 Å². The molecule has 3 unspecified atom stereocenters. The van der Waals surface area contributed by atoms with Crippen molar-refractivity contribution in [1.82, 2.24) is 5.32 Å². The molecule has 0 saturated heterocycles. The van der Waals surface area contributed by atoms with Gasteiger partial charge in [-0.3, -0.25) is 4.79 Å². The number of nitrogen functional groups attached to an aromatic ring is 1. The van der Waals surface area contributed by atoms with Crippen LogP contribution in [0.3, 0.4) is 0 Å². The molecule has 21 heavy (non-hydrogen) atoms. The van der Waals surface area contributed by atoms with E-state index in [1.165, 1.54) is 24.6 Å². The van der Waals surface area contributed by atoms with Crippen LogP contribution < -0.4 is 11.1 Å². The van der Waals surface area contributed by atoms with Gasteiger partial charge < -0.3 is 11.1 Å². The number of carbonyl (C=O) groups excluding carboxylic acids is 1. The first-order valence-corrected chi connectivity index (χ1v) is 7.74. The van der Waals surface area contributed by atoms with E-state index in [2.05, 4.69) is 26.1 Å². The summed E-state index contributed by atoms with van der Waals surface area (Å²) < 4.78 is 13.1. The summed E-state index contributed by atoms with van der Waals surface area (Å²) in [5.74, 6) is 1.03. The zero-order valence-corrected chi connectivity index (χ0v) is 13.0. The van der Waals surface area contributed by atoms with Gasteiger partial charge in [-0.2, -0.15) is 0 Å². The van der Waals surface area contributed by atoms with Crippen molar-refractivity contribution in [2.45, 2.75) is 46.1 Å². The SMILES string of the molecule is CC1CCC(C(C)C)C(NC(=O)c2ccc(F)cc2N)C1. The monoisotopic (exact) mass is 292 g/mol. The van der Waals surface area contributed by atoms with Crippen LogP contribution >= 0.6 is 0 Å². The third-order valence-corrected chi connectivity index (χ3v) is 4.60. The first kappa shape index (κ1) is 15.8. The zero-order valence-electron chi connectivity index (χ0n) is 13.0. The lowest BCUT2D eigenvalue weighted by Crippen LogP contribution is -2.45. The molecule has 1 aromatic rings. The smallest absolute Gasteiger partial charge is 0.253 e. The zero-order chi connectivity index (χ0) is 15.6. The van der Waals surface area contributed by atoms with Gasteiger partial charge in [0.2, 0.25) is 0 Å². The molecule has 1 fully saturated rings. The molecule has 1 aliphatic carbocycles. The maximum Gasteiger partial charge on any atom is 0.253 e. The van der Waals surface area contributed by atoms with Crippen molar-refractivity contribution >= 4 is 11.6 Å². The third kappa shape index (κ3) is 3.74. The summed E-state index contributed by atoms with van der Waals surface area (Å²) in [4.78, 5) is 12.4. The van der Waals surface area contributed by atoms with Crippen molar-refractivity contribution in [3.05, 3.63) is 29.6 Å². The average Bonchev–Trinajstić information content (AvgIpc) is 2.37. The highest BCUT2D eigenvalue weighted by atomic mass is 19.1. The fourth-order valence-corrected chi connectivity index (χ4v) is 3.35. The molecule has 0 spiro atoms. The number of nitrogens with two attached hydrogens (primary N) is 1. The van der Waals surface area contributed by atoms with Gasteiger partial charge in [-0.25, -0.2) is 4.39 Å². The Morgan fingerprint density at radius 1 is 1.38 bits per heavy atom. The maximum atomic E-state index is 13.1. The predicted octanol–water partition coefficient (Wildman–Crippen LogP) is 3.60. The molecule has 116 valence electrons. The number of halogens is 1. The Morgan fingerprint density at radius 3 is 2.71 bits per heavy atom. The summed E-state index contributed by atoms with van der Waals surface area (Å²) in [6, 6.07) is 4.09. The number of rotatable bonds is 3. The fourth-order valence-electron chi connectivity index (χ4n) is 3.35. The van der Waals surface area contributed by atoms with Crippen LogP contribution in [0.4, 0.5) is 10.1 Å². The molecular weight excluding hydrogens is 267 g/mol. The number of anilines is 1. The summed E-state index contributed by atoms with van der Waals surface area (Å²) in [6.45, 7) is 6.63. The number of carbonyl (C=O) groups is 1. The van der Waals surface area contributed by atoms with Crippen molar-refractivity contribution in [3.8, 4) is 0 Å². The highest BCUT2D eigenvalue weighted by Gasteiger charge is 2.32. The first-order chi connectivity index (χ1) is 9.88. The summed E-state index contributed by atoms with van der Waals surface area (Å²) in [5, 5.41) is 3.12. The minimum Gasteiger partial charge on any atom is -0.398 e. The second-order valence-electron chi connectivity index (χ2n) is 6.64. The predicted molar refractivity (Wildman–Crippen MR) is 83.4 cm³/mol. The molecule has 0 heterocycles. The van der Waals surface area contributed by atoms with Gasteiger partial charge in [0.25, 0.3) is 5.91 Å². The highest BCUT2D eigenvalue weighted by Crippen LogP contribution is 2.33. The van der Waals surface area contributed by atoms with Crippen LogP contribution in [0.25, 0.3) is 0 Å². The summed E-state index contributed by atoms with van der Waals surface area (Å²) >= 11 is 0. The molecule has 1 amide bonds. The Bertz CT molecular complexity index is 516. The molecule has 1 aromatic carbocycles. The van der Waals surface area contributed by atoms with Gasteiger partial charge in [0, 0.05) is 11.7 Å². The second-order valence-corrected chi connectivity index (χ2v) is 6.64. The molecule has 4 heteroatoms. The quantitative estimate of drug-likeness (QED) is 0.836. The Hall–Kier alpha value is -1.58. The van der Waals surface area contributed by atoms with Crippen molar-refractivity contribution in [2.75, 3.05) is 5.73 Å². The van der Waals surface area contributed by atoms with Gasteiger partial charge in [-0.15, -0.1) is 0 Å². The van der Waals surface area contributed by atoms with E-state index in [1.807, 2.05) is 0 Å². The third-order valence-electron chi connectivity index (χ3n) is 4.60. The van der Waals surface area contributed by atoms with E-state index in [-0.39, 0.29) is 17.6 Å². The normalized spacial score (nSPS) is 25.9. The van der Waals surface area contributed by atoms with Crippen molar-refractivity contribution in [3.63, 3.8) is 0 Å². The molecule has 0 radical (unpaired) electrons. The van der Waals surface area contributed by atoms with E-state index in [9.17, 15) is 9.18 Å². The molecule has 0 bridgehead atoms. The van der Waals surface area contributed by atoms with E-state index in [0.717, 1.165) is 12.8 Å². The Morgan fingerprint density at radius 2 is 2.10 bits per heavy atom. The van der Waals surface area contributed by atoms with Crippen LogP contribution in [0.1, 0.15) is 50.4 Å². The Kier molecular flexibility index (Phi) is 4.86.